The van der Waals surface area contributed by atoms with Crippen molar-refractivity contribution in [2.24, 2.45) is 0 Å². The van der Waals surface area contributed by atoms with Crippen LogP contribution in [0.1, 0.15) is 49.6 Å². The number of nitrogens with zero attached hydrogens (tertiary/aromatic N) is 4. The molecule has 0 spiro atoms. The highest BCUT2D eigenvalue weighted by Gasteiger charge is 2.26. The van der Waals surface area contributed by atoms with E-state index < -0.39 is 17.7 Å². The zero-order valence-corrected chi connectivity index (χ0v) is 23.3. The van der Waals surface area contributed by atoms with Gasteiger partial charge in [-0.2, -0.15) is 0 Å². The highest BCUT2D eigenvalue weighted by atomic mass is 19.1. The van der Waals surface area contributed by atoms with Crippen molar-refractivity contribution in [3.63, 3.8) is 0 Å². The number of carbonyl (C=O) groups excluding carboxylic acids is 1. The molecular weight excluding hydrogens is 516 g/mol. The minimum atomic E-state index is -0.642. The number of piperidine rings is 1. The maximum absolute atomic E-state index is 15.1. The van der Waals surface area contributed by atoms with E-state index in [4.69, 9.17) is 9.47 Å². The van der Waals surface area contributed by atoms with Crippen molar-refractivity contribution in [3.05, 3.63) is 65.1 Å². The van der Waals surface area contributed by atoms with Crippen molar-refractivity contribution >= 4 is 11.8 Å². The number of aromatic nitrogens is 2. The van der Waals surface area contributed by atoms with Crippen LogP contribution in [0, 0.1) is 11.6 Å². The highest BCUT2D eigenvalue weighted by molar-refractivity contribution is 5.72. The minimum Gasteiger partial charge on any atom is -0.486 e. The molecule has 212 valence electrons. The van der Waals surface area contributed by atoms with Gasteiger partial charge >= 0.3 is 6.09 Å². The van der Waals surface area contributed by atoms with Crippen molar-refractivity contribution in [2.75, 3.05) is 45.2 Å². The summed E-state index contributed by atoms with van der Waals surface area (Å²) in [6.07, 6.45) is 2.79. The first kappa shape index (κ1) is 27.8. The number of nitrogens with one attached hydrogen (secondary N) is 1. The van der Waals surface area contributed by atoms with Crippen LogP contribution in [-0.2, 0) is 6.42 Å². The first-order valence-electron chi connectivity index (χ1n) is 13.7. The van der Waals surface area contributed by atoms with Gasteiger partial charge in [0.05, 0.1) is 18.4 Å². The van der Waals surface area contributed by atoms with E-state index in [9.17, 15) is 9.18 Å². The number of benzene rings is 2. The van der Waals surface area contributed by atoms with Gasteiger partial charge in [-0.3, -0.25) is 0 Å². The first-order valence-corrected chi connectivity index (χ1v) is 13.7. The molecule has 40 heavy (non-hydrogen) atoms. The Kier molecular flexibility index (Phi) is 8.16. The molecule has 3 aromatic rings. The molecule has 1 N–H and O–H groups in total. The molecule has 3 heterocycles. The quantitative estimate of drug-likeness (QED) is 0.454. The number of likely N-dealkylation sites (tertiary alicyclic amines) is 1. The maximum atomic E-state index is 15.1. The number of rotatable bonds is 6. The summed E-state index contributed by atoms with van der Waals surface area (Å²) < 4.78 is 41.3. The smallest absolute Gasteiger partial charge is 0.412 e. The molecule has 2 aliphatic rings. The van der Waals surface area contributed by atoms with Crippen molar-refractivity contribution in [1.82, 2.24) is 20.2 Å². The Morgan fingerprint density at radius 2 is 1.93 bits per heavy atom. The molecule has 8 nitrogen and oxygen atoms in total. The van der Waals surface area contributed by atoms with Crippen LogP contribution in [0.3, 0.4) is 0 Å². The molecule has 0 saturated carbocycles. The summed E-state index contributed by atoms with van der Waals surface area (Å²) in [7, 11) is 3.62. The lowest BCUT2D eigenvalue weighted by Crippen LogP contribution is -2.38. The zero-order chi connectivity index (χ0) is 28.4. The lowest BCUT2D eigenvalue weighted by atomic mass is 9.88. The molecule has 1 fully saturated rings. The predicted molar refractivity (Wildman–Crippen MR) is 149 cm³/mol. The van der Waals surface area contributed by atoms with E-state index in [-0.39, 0.29) is 29.8 Å². The summed E-state index contributed by atoms with van der Waals surface area (Å²) in [6, 6.07) is 8.88. The second-order valence-corrected chi connectivity index (χ2v) is 10.7. The third-order valence-electron chi connectivity index (χ3n) is 7.61. The van der Waals surface area contributed by atoms with Gasteiger partial charge in [0.15, 0.2) is 17.4 Å². The molecule has 0 bridgehead atoms. The molecule has 0 radical (unpaired) electrons. The van der Waals surface area contributed by atoms with Crippen molar-refractivity contribution in [3.8, 4) is 22.8 Å². The number of carbonyl (C=O) groups is 1. The molecule has 5 rings (SSSR count). The second kappa shape index (κ2) is 11.8. The average molecular weight is 552 g/mol. The molecule has 2 aromatic carbocycles. The third-order valence-corrected chi connectivity index (χ3v) is 7.61. The summed E-state index contributed by atoms with van der Waals surface area (Å²) in [4.78, 5) is 25.1. The summed E-state index contributed by atoms with van der Waals surface area (Å²) in [5.41, 5.74) is 2.71. The number of ether oxygens (including phenoxy) is 2. The molecule has 0 atom stereocenters. The summed E-state index contributed by atoms with van der Waals surface area (Å²) in [5, 5.41) is 2.51. The SMILES string of the molecule is CNC(=O)Oc1cc(Cc2ncc(F)c(-c3cc(F)c4c(c3)N(C(C)C)CCO4)n2)ccc1C1CCN(C)CC1. The van der Waals surface area contributed by atoms with E-state index in [2.05, 4.69) is 27.2 Å². The predicted octanol–water partition coefficient (Wildman–Crippen LogP) is 5.15. The van der Waals surface area contributed by atoms with Gasteiger partial charge in [0.25, 0.3) is 0 Å². The first-order chi connectivity index (χ1) is 19.2. The minimum absolute atomic E-state index is 0.0192. The monoisotopic (exact) mass is 551 g/mol. The van der Waals surface area contributed by atoms with Crippen molar-refractivity contribution < 1.29 is 23.0 Å². The summed E-state index contributed by atoms with van der Waals surface area (Å²) in [6.45, 7) is 6.98. The van der Waals surface area contributed by atoms with Crippen LogP contribution in [0.4, 0.5) is 19.3 Å². The van der Waals surface area contributed by atoms with Crippen LogP contribution in [0.25, 0.3) is 11.3 Å². The number of amides is 1. The van der Waals surface area contributed by atoms with Crippen LogP contribution in [0.2, 0.25) is 0 Å². The van der Waals surface area contributed by atoms with Crippen LogP contribution in [0.15, 0.2) is 36.5 Å². The van der Waals surface area contributed by atoms with E-state index in [1.165, 1.54) is 13.1 Å². The Morgan fingerprint density at radius 3 is 2.65 bits per heavy atom. The van der Waals surface area contributed by atoms with E-state index in [0.717, 1.165) is 43.3 Å². The molecule has 10 heteroatoms. The van der Waals surface area contributed by atoms with Crippen LogP contribution in [-0.4, -0.2) is 67.3 Å². The van der Waals surface area contributed by atoms with Gasteiger partial charge < -0.3 is 24.6 Å². The average Bonchev–Trinajstić information content (AvgIpc) is 2.94. The Hall–Kier alpha value is -3.79. The van der Waals surface area contributed by atoms with Crippen LogP contribution < -0.4 is 19.7 Å². The lowest BCUT2D eigenvalue weighted by molar-refractivity contribution is 0.201. The van der Waals surface area contributed by atoms with E-state index in [0.29, 0.717) is 36.0 Å². The molecule has 2 aliphatic heterocycles. The Balaban J connectivity index is 1.45. The molecule has 1 amide bonds. The maximum Gasteiger partial charge on any atom is 0.412 e. The number of halogens is 2. The van der Waals surface area contributed by atoms with Gasteiger partial charge in [0.2, 0.25) is 0 Å². The van der Waals surface area contributed by atoms with Gasteiger partial charge in [-0.15, -0.1) is 0 Å². The highest BCUT2D eigenvalue weighted by Crippen LogP contribution is 2.39. The number of anilines is 1. The number of hydrogen-bond donors (Lipinski definition) is 1. The largest absolute Gasteiger partial charge is 0.486 e. The van der Waals surface area contributed by atoms with Crippen molar-refractivity contribution in [2.45, 2.75) is 45.1 Å². The number of hydrogen-bond acceptors (Lipinski definition) is 7. The topological polar surface area (TPSA) is 79.8 Å². The third kappa shape index (κ3) is 5.86. The molecule has 1 saturated heterocycles. The van der Waals surface area contributed by atoms with E-state index >= 15 is 4.39 Å². The Bertz CT molecular complexity index is 1390. The van der Waals surface area contributed by atoms with Gasteiger partial charge in [0.1, 0.15) is 23.9 Å². The normalized spacial score (nSPS) is 16.0. The molecule has 0 unspecified atom stereocenters. The van der Waals surface area contributed by atoms with Gasteiger partial charge in [-0.05, 0) is 82.1 Å². The van der Waals surface area contributed by atoms with Crippen LogP contribution in [0.5, 0.6) is 11.5 Å². The number of fused-ring (bicyclic) bond motifs is 1. The summed E-state index contributed by atoms with van der Waals surface area (Å²) in [5.74, 6) is 0.123. The molecule has 0 aliphatic carbocycles. The fraction of sp³-hybridized carbons (Fsp3) is 0.433. The van der Waals surface area contributed by atoms with Gasteiger partial charge in [-0.1, -0.05) is 12.1 Å². The standard InChI is InChI=1S/C30H35F2N5O3/c1-18(2)37-11-12-39-29-23(31)15-21(16-25(29)37)28-24(32)17-34-27(35-28)14-19-5-6-22(20-7-9-36(4)10-8-20)26(13-19)40-30(38)33-3/h5-6,13,15-18,20H,7-12,14H2,1-4H3,(H,33,38). The lowest BCUT2D eigenvalue weighted by Gasteiger charge is -2.34. The van der Waals surface area contributed by atoms with Gasteiger partial charge in [-0.25, -0.2) is 23.5 Å². The Morgan fingerprint density at radius 1 is 1.15 bits per heavy atom. The zero-order valence-electron chi connectivity index (χ0n) is 23.3. The van der Waals surface area contributed by atoms with Crippen molar-refractivity contribution in [1.29, 1.82) is 0 Å². The Labute approximate surface area is 233 Å². The fourth-order valence-corrected chi connectivity index (χ4v) is 5.43. The van der Waals surface area contributed by atoms with Crippen LogP contribution >= 0.6 is 0 Å². The summed E-state index contributed by atoms with van der Waals surface area (Å²) >= 11 is 0. The second-order valence-electron chi connectivity index (χ2n) is 10.7. The van der Waals surface area contributed by atoms with Gasteiger partial charge in [0, 0.05) is 25.1 Å². The van der Waals surface area contributed by atoms with E-state index in [1.54, 1.807) is 6.07 Å². The fourth-order valence-electron chi connectivity index (χ4n) is 5.43. The van der Waals surface area contributed by atoms with E-state index in [1.807, 2.05) is 36.9 Å². The molecular formula is C30H35F2N5O3. The molecule has 1 aromatic heterocycles.